The van der Waals surface area contributed by atoms with E-state index in [0.29, 0.717) is 17.7 Å². The van der Waals surface area contributed by atoms with E-state index in [9.17, 15) is 4.79 Å². The molecule has 2 aromatic rings. The quantitative estimate of drug-likeness (QED) is 0.670. The highest BCUT2D eigenvalue weighted by atomic mass is 16.1. The topological polar surface area (TPSA) is 43.1 Å². The van der Waals surface area contributed by atoms with Gasteiger partial charge in [-0.1, -0.05) is 35.9 Å². The maximum atomic E-state index is 12.3. The van der Waals surface area contributed by atoms with Gasteiger partial charge in [-0.05, 0) is 43.5 Å². The first-order valence-corrected chi connectivity index (χ1v) is 6.43. The van der Waals surface area contributed by atoms with Crippen LogP contribution in [-0.2, 0) is 6.42 Å². The van der Waals surface area contributed by atoms with Gasteiger partial charge in [-0.25, -0.2) is 0 Å². The molecule has 0 aromatic heterocycles. The zero-order valence-electron chi connectivity index (χ0n) is 11.7. The normalized spacial score (nSPS) is 10.5. The van der Waals surface area contributed by atoms with Crippen molar-refractivity contribution in [1.29, 1.82) is 0 Å². The first-order valence-electron chi connectivity index (χ1n) is 6.43. The van der Waals surface area contributed by atoms with Gasteiger partial charge in [-0.15, -0.1) is 0 Å². The lowest BCUT2D eigenvalue weighted by atomic mass is 9.97. The molecular weight excluding hydrogens is 234 g/mol. The predicted octanol–water partition coefficient (Wildman–Crippen LogP) is 3.62. The van der Waals surface area contributed by atoms with E-state index in [2.05, 4.69) is 18.2 Å². The highest BCUT2D eigenvalue weighted by Crippen LogP contribution is 2.17. The smallest absolute Gasteiger partial charge is 0.167 e. The van der Waals surface area contributed by atoms with Crippen LogP contribution in [0.4, 0.5) is 5.69 Å². The molecule has 0 heterocycles. The number of carbonyl (C=O) groups is 1. The van der Waals surface area contributed by atoms with E-state index in [1.807, 2.05) is 32.9 Å². The summed E-state index contributed by atoms with van der Waals surface area (Å²) in [5.41, 5.74) is 11.6. The fourth-order valence-corrected chi connectivity index (χ4v) is 2.08. The molecule has 19 heavy (non-hydrogen) atoms. The Morgan fingerprint density at radius 3 is 2.37 bits per heavy atom. The molecule has 2 aromatic carbocycles. The summed E-state index contributed by atoms with van der Waals surface area (Å²) in [4.78, 5) is 12.3. The molecule has 0 aliphatic carbocycles. The summed E-state index contributed by atoms with van der Waals surface area (Å²) in [7, 11) is 0. The molecule has 0 amide bonds. The lowest BCUT2D eigenvalue weighted by Crippen LogP contribution is -2.06. The Kier molecular flexibility index (Phi) is 3.70. The number of nitrogen functional groups attached to an aromatic ring is 1. The highest BCUT2D eigenvalue weighted by Gasteiger charge is 2.10. The molecule has 0 fully saturated rings. The van der Waals surface area contributed by atoms with Crippen LogP contribution >= 0.6 is 0 Å². The summed E-state index contributed by atoms with van der Waals surface area (Å²) >= 11 is 0. The van der Waals surface area contributed by atoms with E-state index in [0.717, 1.165) is 16.7 Å². The molecule has 0 unspecified atom stereocenters. The minimum Gasteiger partial charge on any atom is -0.398 e. The Labute approximate surface area is 114 Å². The van der Waals surface area contributed by atoms with Gasteiger partial charge in [-0.3, -0.25) is 4.79 Å². The average Bonchev–Trinajstić information content (AvgIpc) is 2.37. The molecule has 0 aliphatic heterocycles. The van der Waals surface area contributed by atoms with Crippen LogP contribution in [0.1, 0.15) is 32.6 Å². The SMILES string of the molecule is Cc1ccc(C)c(CC(=O)c2ccc(C)c(N)c2)c1. The predicted molar refractivity (Wildman–Crippen MR) is 79.5 cm³/mol. The maximum Gasteiger partial charge on any atom is 0.167 e. The molecule has 0 saturated carbocycles. The number of hydrogen-bond acceptors (Lipinski definition) is 2. The first kappa shape index (κ1) is 13.3. The van der Waals surface area contributed by atoms with E-state index in [1.165, 1.54) is 5.56 Å². The second-order valence-corrected chi connectivity index (χ2v) is 5.10. The molecule has 0 atom stereocenters. The third kappa shape index (κ3) is 3.02. The Morgan fingerprint density at radius 2 is 1.68 bits per heavy atom. The highest BCUT2D eigenvalue weighted by molar-refractivity contribution is 5.98. The van der Waals surface area contributed by atoms with Crippen LogP contribution < -0.4 is 5.73 Å². The number of nitrogens with two attached hydrogens (primary N) is 1. The zero-order chi connectivity index (χ0) is 14.0. The van der Waals surface area contributed by atoms with Gasteiger partial charge in [0.2, 0.25) is 0 Å². The second-order valence-electron chi connectivity index (χ2n) is 5.10. The Bertz CT molecular complexity index is 629. The van der Waals surface area contributed by atoms with Gasteiger partial charge in [0, 0.05) is 17.7 Å². The number of rotatable bonds is 3. The third-order valence-electron chi connectivity index (χ3n) is 3.46. The molecule has 2 rings (SSSR count). The van der Waals surface area contributed by atoms with Gasteiger partial charge in [0.05, 0.1) is 0 Å². The van der Waals surface area contributed by atoms with Crippen molar-refractivity contribution < 1.29 is 4.79 Å². The number of carbonyl (C=O) groups excluding carboxylic acids is 1. The Morgan fingerprint density at radius 1 is 1.00 bits per heavy atom. The van der Waals surface area contributed by atoms with Gasteiger partial charge >= 0.3 is 0 Å². The van der Waals surface area contributed by atoms with E-state index in [1.54, 1.807) is 6.07 Å². The van der Waals surface area contributed by atoms with Crippen molar-refractivity contribution in [3.63, 3.8) is 0 Å². The summed E-state index contributed by atoms with van der Waals surface area (Å²) in [5, 5.41) is 0. The Hall–Kier alpha value is -2.09. The maximum absolute atomic E-state index is 12.3. The molecule has 0 bridgehead atoms. The molecule has 0 aliphatic rings. The van der Waals surface area contributed by atoms with Crippen molar-refractivity contribution in [2.45, 2.75) is 27.2 Å². The van der Waals surface area contributed by atoms with Crippen LogP contribution in [0, 0.1) is 20.8 Å². The van der Waals surface area contributed by atoms with Gasteiger partial charge < -0.3 is 5.73 Å². The monoisotopic (exact) mass is 253 g/mol. The summed E-state index contributed by atoms with van der Waals surface area (Å²) in [6.07, 6.45) is 0.427. The van der Waals surface area contributed by atoms with Crippen LogP contribution in [0.5, 0.6) is 0 Å². The van der Waals surface area contributed by atoms with Crippen LogP contribution in [0.25, 0.3) is 0 Å². The first-order chi connectivity index (χ1) is 8.97. The largest absolute Gasteiger partial charge is 0.398 e. The number of ketones is 1. The van der Waals surface area contributed by atoms with E-state index < -0.39 is 0 Å². The van der Waals surface area contributed by atoms with Gasteiger partial charge in [0.1, 0.15) is 0 Å². The molecule has 2 N–H and O–H groups in total. The standard InChI is InChI=1S/C17H19NO/c1-11-4-5-12(2)15(8-11)10-17(19)14-7-6-13(3)16(18)9-14/h4-9H,10,18H2,1-3H3. The van der Waals surface area contributed by atoms with E-state index in [4.69, 9.17) is 5.73 Å². The molecular formula is C17H19NO. The summed E-state index contributed by atoms with van der Waals surface area (Å²) in [6.45, 7) is 6.01. The van der Waals surface area contributed by atoms with Gasteiger partial charge in [-0.2, -0.15) is 0 Å². The number of benzene rings is 2. The lowest BCUT2D eigenvalue weighted by molar-refractivity contribution is 0.0993. The van der Waals surface area contributed by atoms with Crippen molar-refractivity contribution >= 4 is 11.5 Å². The van der Waals surface area contributed by atoms with Crippen molar-refractivity contribution in [3.05, 3.63) is 64.2 Å². The van der Waals surface area contributed by atoms with Gasteiger partial charge in [0.15, 0.2) is 5.78 Å². The zero-order valence-corrected chi connectivity index (χ0v) is 11.7. The number of aryl methyl sites for hydroxylation is 3. The number of hydrogen-bond donors (Lipinski definition) is 1. The summed E-state index contributed by atoms with van der Waals surface area (Å²) in [5.74, 6) is 0.111. The molecule has 2 heteroatoms. The van der Waals surface area contributed by atoms with E-state index in [-0.39, 0.29) is 5.78 Å². The fourth-order valence-electron chi connectivity index (χ4n) is 2.08. The molecule has 0 radical (unpaired) electrons. The molecule has 0 saturated heterocycles. The van der Waals surface area contributed by atoms with Gasteiger partial charge in [0.25, 0.3) is 0 Å². The average molecular weight is 253 g/mol. The van der Waals surface area contributed by atoms with E-state index >= 15 is 0 Å². The fraction of sp³-hybridized carbons (Fsp3) is 0.235. The summed E-state index contributed by atoms with van der Waals surface area (Å²) in [6, 6.07) is 11.7. The third-order valence-corrected chi connectivity index (χ3v) is 3.46. The van der Waals surface area contributed by atoms with Crippen LogP contribution in [-0.4, -0.2) is 5.78 Å². The number of Topliss-reactive ketones (excluding diaryl/α,β-unsaturated/α-hetero) is 1. The minimum atomic E-state index is 0.111. The van der Waals surface area contributed by atoms with Crippen LogP contribution in [0.15, 0.2) is 36.4 Å². The molecule has 0 spiro atoms. The lowest BCUT2D eigenvalue weighted by Gasteiger charge is -2.08. The number of anilines is 1. The van der Waals surface area contributed by atoms with Crippen LogP contribution in [0.2, 0.25) is 0 Å². The van der Waals surface area contributed by atoms with Crippen molar-refractivity contribution in [2.75, 3.05) is 5.73 Å². The minimum absolute atomic E-state index is 0.111. The van der Waals surface area contributed by atoms with Crippen LogP contribution in [0.3, 0.4) is 0 Å². The Balaban J connectivity index is 2.25. The van der Waals surface area contributed by atoms with Crippen molar-refractivity contribution in [1.82, 2.24) is 0 Å². The summed E-state index contributed by atoms with van der Waals surface area (Å²) < 4.78 is 0. The van der Waals surface area contributed by atoms with Crippen molar-refractivity contribution in [3.8, 4) is 0 Å². The van der Waals surface area contributed by atoms with Crippen molar-refractivity contribution in [2.24, 2.45) is 0 Å². The molecule has 98 valence electrons. The second kappa shape index (κ2) is 5.27. The molecule has 2 nitrogen and oxygen atoms in total.